The quantitative estimate of drug-likeness (QED) is 0.797. The van der Waals surface area contributed by atoms with Gasteiger partial charge < -0.3 is 10.1 Å². The lowest BCUT2D eigenvalue weighted by molar-refractivity contribution is -0.0659. The fourth-order valence-corrected chi connectivity index (χ4v) is 4.50. The van der Waals surface area contributed by atoms with Gasteiger partial charge in [0, 0.05) is 30.5 Å². The molecule has 1 aromatic heterocycles. The molecule has 0 unspecified atom stereocenters. The standard InChI is InChI=1S/C12H20N2O3S2/c1-13-7-10-6-11(8-18-10)19(15,16)14-9-12(17-2)4-3-5-12/h6,8,13-14H,3-5,7,9H2,1-2H3. The van der Waals surface area contributed by atoms with Crippen LogP contribution in [0.5, 0.6) is 0 Å². The molecule has 1 aromatic rings. The molecule has 7 heteroatoms. The number of ether oxygens (including phenoxy) is 1. The molecular formula is C12H20N2O3S2. The monoisotopic (exact) mass is 304 g/mol. The van der Waals surface area contributed by atoms with Crippen molar-refractivity contribution < 1.29 is 13.2 Å². The summed E-state index contributed by atoms with van der Waals surface area (Å²) in [5, 5.41) is 4.68. The van der Waals surface area contributed by atoms with E-state index in [1.807, 2.05) is 7.05 Å². The minimum Gasteiger partial charge on any atom is -0.377 e. The molecule has 0 radical (unpaired) electrons. The van der Waals surface area contributed by atoms with E-state index in [1.54, 1.807) is 18.6 Å². The Morgan fingerprint density at radius 3 is 2.74 bits per heavy atom. The third-order valence-corrected chi connectivity index (χ3v) is 6.04. The number of thiophene rings is 1. The second-order valence-electron chi connectivity index (χ2n) is 4.84. The first kappa shape index (κ1) is 14.9. The van der Waals surface area contributed by atoms with E-state index in [2.05, 4.69) is 10.0 Å². The van der Waals surface area contributed by atoms with Crippen LogP contribution in [0.3, 0.4) is 0 Å². The van der Waals surface area contributed by atoms with E-state index in [1.165, 1.54) is 11.3 Å². The molecule has 0 saturated heterocycles. The van der Waals surface area contributed by atoms with Crippen molar-refractivity contribution in [1.29, 1.82) is 0 Å². The lowest BCUT2D eigenvalue weighted by Gasteiger charge is -2.40. The number of hydrogen-bond acceptors (Lipinski definition) is 5. The molecule has 1 heterocycles. The summed E-state index contributed by atoms with van der Waals surface area (Å²) in [5.74, 6) is 0. The summed E-state index contributed by atoms with van der Waals surface area (Å²) in [6.45, 7) is 1.03. The average molecular weight is 304 g/mol. The van der Waals surface area contributed by atoms with E-state index in [0.717, 1.165) is 24.1 Å². The van der Waals surface area contributed by atoms with Crippen LogP contribution in [0, 0.1) is 0 Å². The molecule has 5 nitrogen and oxygen atoms in total. The third-order valence-electron chi connectivity index (χ3n) is 3.57. The second-order valence-corrected chi connectivity index (χ2v) is 7.61. The maximum absolute atomic E-state index is 12.2. The van der Waals surface area contributed by atoms with Gasteiger partial charge in [0.05, 0.1) is 10.5 Å². The summed E-state index contributed by atoms with van der Waals surface area (Å²) in [7, 11) is 0.0557. The average Bonchev–Trinajstić information content (AvgIpc) is 2.78. The highest BCUT2D eigenvalue weighted by atomic mass is 32.2. The highest BCUT2D eigenvalue weighted by molar-refractivity contribution is 7.89. The van der Waals surface area contributed by atoms with Gasteiger partial charge in [-0.15, -0.1) is 11.3 Å². The Hall–Kier alpha value is -0.470. The molecule has 1 aliphatic rings. The lowest BCUT2D eigenvalue weighted by atomic mass is 9.80. The van der Waals surface area contributed by atoms with Crippen LogP contribution in [0.4, 0.5) is 0 Å². The molecule has 2 N–H and O–H groups in total. The van der Waals surface area contributed by atoms with Crippen LogP contribution in [0.2, 0.25) is 0 Å². The molecule has 0 aliphatic heterocycles. The molecular weight excluding hydrogens is 284 g/mol. The maximum atomic E-state index is 12.2. The Morgan fingerprint density at radius 2 is 2.21 bits per heavy atom. The number of hydrogen-bond donors (Lipinski definition) is 2. The van der Waals surface area contributed by atoms with Gasteiger partial charge in [0.15, 0.2) is 0 Å². The molecule has 0 bridgehead atoms. The van der Waals surface area contributed by atoms with Crippen molar-refractivity contribution in [3.8, 4) is 0 Å². The highest BCUT2D eigenvalue weighted by Crippen LogP contribution is 2.34. The molecule has 19 heavy (non-hydrogen) atoms. The molecule has 0 aromatic carbocycles. The first-order valence-electron chi connectivity index (χ1n) is 6.28. The van der Waals surface area contributed by atoms with Crippen molar-refractivity contribution in [3.05, 3.63) is 16.3 Å². The van der Waals surface area contributed by atoms with Crippen molar-refractivity contribution in [2.24, 2.45) is 0 Å². The summed E-state index contributed by atoms with van der Waals surface area (Å²) >= 11 is 1.45. The van der Waals surface area contributed by atoms with Gasteiger partial charge in [-0.1, -0.05) is 0 Å². The van der Waals surface area contributed by atoms with Crippen LogP contribution in [-0.2, 0) is 21.3 Å². The van der Waals surface area contributed by atoms with Gasteiger partial charge >= 0.3 is 0 Å². The number of rotatable bonds is 7. The van der Waals surface area contributed by atoms with Gasteiger partial charge in [0.1, 0.15) is 0 Å². The van der Waals surface area contributed by atoms with Crippen molar-refractivity contribution >= 4 is 21.4 Å². The third kappa shape index (κ3) is 3.35. The Bertz CT molecular complexity index is 515. The van der Waals surface area contributed by atoms with E-state index in [0.29, 0.717) is 18.0 Å². The van der Waals surface area contributed by atoms with E-state index < -0.39 is 10.0 Å². The molecule has 1 aliphatic carbocycles. The predicted molar refractivity (Wildman–Crippen MR) is 75.9 cm³/mol. The predicted octanol–water partition coefficient (Wildman–Crippen LogP) is 1.31. The molecule has 0 amide bonds. The van der Waals surface area contributed by atoms with Crippen LogP contribution in [0.15, 0.2) is 16.3 Å². The smallest absolute Gasteiger partial charge is 0.241 e. The van der Waals surface area contributed by atoms with Gasteiger partial charge in [-0.2, -0.15) is 0 Å². The zero-order valence-corrected chi connectivity index (χ0v) is 12.9. The summed E-state index contributed by atoms with van der Waals surface area (Å²) in [6, 6.07) is 1.71. The Labute approximate surface area is 118 Å². The molecule has 0 atom stereocenters. The minimum atomic E-state index is -3.42. The Balaban J connectivity index is 2.01. The van der Waals surface area contributed by atoms with Crippen molar-refractivity contribution in [2.45, 2.75) is 36.3 Å². The highest BCUT2D eigenvalue weighted by Gasteiger charge is 2.38. The van der Waals surface area contributed by atoms with E-state index in [-0.39, 0.29) is 5.60 Å². The van der Waals surface area contributed by atoms with E-state index in [4.69, 9.17) is 4.74 Å². The summed E-state index contributed by atoms with van der Waals surface area (Å²) in [4.78, 5) is 1.35. The SMILES string of the molecule is CNCc1cc(S(=O)(=O)NCC2(OC)CCC2)cs1. The fraction of sp³-hybridized carbons (Fsp3) is 0.667. The van der Waals surface area contributed by atoms with Crippen LogP contribution in [-0.4, -0.2) is 34.7 Å². The van der Waals surface area contributed by atoms with E-state index >= 15 is 0 Å². The van der Waals surface area contributed by atoms with Gasteiger partial charge in [0.2, 0.25) is 10.0 Å². The Kier molecular flexibility index (Phi) is 4.62. The van der Waals surface area contributed by atoms with Crippen LogP contribution in [0.1, 0.15) is 24.1 Å². The maximum Gasteiger partial charge on any atom is 0.241 e. The van der Waals surface area contributed by atoms with Crippen molar-refractivity contribution in [3.63, 3.8) is 0 Å². The van der Waals surface area contributed by atoms with Crippen LogP contribution >= 0.6 is 11.3 Å². The normalized spacial score (nSPS) is 18.2. The fourth-order valence-electron chi connectivity index (χ4n) is 2.10. The van der Waals surface area contributed by atoms with Crippen LogP contribution in [0.25, 0.3) is 0 Å². The first-order chi connectivity index (χ1) is 9.01. The number of nitrogens with one attached hydrogen (secondary N) is 2. The first-order valence-corrected chi connectivity index (χ1v) is 8.64. The minimum absolute atomic E-state index is 0.295. The van der Waals surface area contributed by atoms with Gasteiger partial charge in [-0.3, -0.25) is 0 Å². The zero-order valence-electron chi connectivity index (χ0n) is 11.2. The largest absolute Gasteiger partial charge is 0.377 e. The van der Waals surface area contributed by atoms with Crippen molar-refractivity contribution in [2.75, 3.05) is 20.7 Å². The molecule has 108 valence electrons. The lowest BCUT2D eigenvalue weighted by Crippen LogP contribution is -2.49. The molecule has 1 saturated carbocycles. The van der Waals surface area contributed by atoms with Gasteiger partial charge in [0.25, 0.3) is 0 Å². The van der Waals surface area contributed by atoms with Gasteiger partial charge in [-0.05, 0) is 32.4 Å². The molecule has 0 spiro atoms. The number of sulfonamides is 1. The second kappa shape index (κ2) is 5.88. The number of methoxy groups -OCH3 is 1. The van der Waals surface area contributed by atoms with Crippen LogP contribution < -0.4 is 10.0 Å². The Morgan fingerprint density at radius 1 is 1.47 bits per heavy atom. The topological polar surface area (TPSA) is 67.4 Å². The summed E-state index contributed by atoms with van der Waals surface area (Å²) < 4.78 is 32.4. The summed E-state index contributed by atoms with van der Waals surface area (Å²) in [6.07, 6.45) is 2.93. The zero-order chi connectivity index (χ0) is 13.9. The van der Waals surface area contributed by atoms with E-state index in [9.17, 15) is 8.42 Å². The molecule has 1 fully saturated rings. The molecule has 2 rings (SSSR count). The summed E-state index contributed by atoms with van der Waals surface area (Å²) in [5.41, 5.74) is -0.295. The van der Waals surface area contributed by atoms with Gasteiger partial charge in [-0.25, -0.2) is 13.1 Å². The van der Waals surface area contributed by atoms with Crippen molar-refractivity contribution in [1.82, 2.24) is 10.0 Å².